The molecule has 100 valence electrons. The molecule has 0 amide bonds. The van der Waals surface area contributed by atoms with Crippen molar-refractivity contribution in [1.29, 1.82) is 0 Å². The first-order chi connectivity index (χ1) is 8.76. The van der Waals surface area contributed by atoms with Crippen LogP contribution in [0.25, 0.3) is 0 Å². The fraction of sp³-hybridized carbons (Fsp3) is 0.600. The fourth-order valence-corrected chi connectivity index (χ4v) is 3.15. The van der Waals surface area contributed by atoms with Crippen molar-refractivity contribution in [3.63, 3.8) is 0 Å². The molecule has 1 atom stereocenters. The average Bonchev–Trinajstić information content (AvgIpc) is 2.42. The van der Waals surface area contributed by atoms with Gasteiger partial charge in [-0.05, 0) is 43.5 Å². The number of benzene rings is 1. The van der Waals surface area contributed by atoms with Crippen LogP contribution < -0.4 is 5.73 Å². The third-order valence-electron chi connectivity index (χ3n) is 4.15. The van der Waals surface area contributed by atoms with E-state index >= 15 is 0 Å². The molecule has 1 aromatic carbocycles. The first-order valence-electron chi connectivity index (χ1n) is 6.94. The first kappa shape index (κ1) is 13.9. The molecular weight excluding hydrogens is 244 g/mol. The van der Waals surface area contributed by atoms with Gasteiger partial charge in [-0.25, -0.2) is 0 Å². The minimum absolute atomic E-state index is 0.275. The van der Waals surface area contributed by atoms with E-state index in [0.29, 0.717) is 6.54 Å². The van der Waals surface area contributed by atoms with Gasteiger partial charge in [0.05, 0.1) is 0 Å². The number of hydrogen-bond donors (Lipinski definition) is 1. The molecule has 1 heterocycles. The van der Waals surface area contributed by atoms with Gasteiger partial charge >= 0.3 is 0 Å². The highest BCUT2D eigenvalue weighted by Gasteiger charge is 2.25. The zero-order valence-electron chi connectivity index (χ0n) is 11.1. The summed E-state index contributed by atoms with van der Waals surface area (Å²) in [5.74, 6) is 0.894. The predicted molar refractivity (Wildman–Crippen MR) is 77.8 cm³/mol. The Kier molecular flexibility index (Phi) is 5.04. The van der Waals surface area contributed by atoms with Gasteiger partial charge in [-0.15, -0.1) is 0 Å². The third kappa shape index (κ3) is 3.05. The summed E-state index contributed by atoms with van der Waals surface area (Å²) < 4.78 is 0. The smallest absolute Gasteiger partial charge is 0.0485 e. The predicted octanol–water partition coefficient (Wildman–Crippen LogP) is 3.46. The van der Waals surface area contributed by atoms with Crippen LogP contribution in [0.4, 0.5) is 0 Å². The average molecular weight is 267 g/mol. The van der Waals surface area contributed by atoms with E-state index < -0.39 is 0 Å². The number of nitrogens with two attached hydrogens (primary N) is 1. The van der Waals surface area contributed by atoms with Gasteiger partial charge in [0.2, 0.25) is 0 Å². The van der Waals surface area contributed by atoms with Crippen molar-refractivity contribution in [3.8, 4) is 0 Å². The molecule has 2 rings (SSSR count). The standard InChI is InChI=1S/C15H23ClN2/c1-2-12-7-9-18(10-8-12)15(11-17)13-5-3-4-6-14(13)16/h3-6,12,15H,2,7-11,17H2,1H3. The number of nitrogens with zero attached hydrogens (tertiary/aromatic N) is 1. The summed E-state index contributed by atoms with van der Waals surface area (Å²) in [5, 5.41) is 0.838. The Morgan fingerprint density at radius 2 is 2.00 bits per heavy atom. The normalized spacial score (nSPS) is 19.9. The van der Waals surface area contributed by atoms with E-state index in [4.69, 9.17) is 17.3 Å². The van der Waals surface area contributed by atoms with Crippen LogP contribution in [0.1, 0.15) is 37.8 Å². The number of likely N-dealkylation sites (tertiary alicyclic amines) is 1. The van der Waals surface area contributed by atoms with Gasteiger partial charge in [0.1, 0.15) is 0 Å². The molecule has 0 saturated carbocycles. The van der Waals surface area contributed by atoms with Crippen molar-refractivity contribution in [3.05, 3.63) is 34.9 Å². The quantitative estimate of drug-likeness (QED) is 0.904. The highest BCUT2D eigenvalue weighted by molar-refractivity contribution is 6.31. The van der Waals surface area contributed by atoms with Crippen molar-refractivity contribution in [2.24, 2.45) is 11.7 Å². The molecule has 18 heavy (non-hydrogen) atoms. The monoisotopic (exact) mass is 266 g/mol. The van der Waals surface area contributed by atoms with Gasteiger partial charge in [-0.1, -0.05) is 43.1 Å². The van der Waals surface area contributed by atoms with E-state index in [0.717, 1.165) is 24.0 Å². The van der Waals surface area contributed by atoms with Crippen molar-refractivity contribution < 1.29 is 0 Å². The van der Waals surface area contributed by atoms with Crippen LogP contribution >= 0.6 is 11.6 Å². The van der Waals surface area contributed by atoms with E-state index in [1.54, 1.807) is 0 Å². The Balaban J connectivity index is 2.08. The summed E-state index contributed by atoms with van der Waals surface area (Å²) in [6.45, 7) is 5.21. The second kappa shape index (κ2) is 6.55. The first-order valence-corrected chi connectivity index (χ1v) is 7.32. The van der Waals surface area contributed by atoms with Crippen LogP contribution in [0, 0.1) is 5.92 Å². The van der Waals surface area contributed by atoms with E-state index in [-0.39, 0.29) is 6.04 Å². The maximum atomic E-state index is 6.29. The van der Waals surface area contributed by atoms with Crippen LogP contribution in [0.5, 0.6) is 0 Å². The maximum Gasteiger partial charge on any atom is 0.0485 e. The molecule has 2 nitrogen and oxygen atoms in total. The summed E-state index contributed by atoms with van der Waals surface area (Å²) in [6, 6.07) is 8.35. The number of piperidine rings is 1. The fourth-order valence-electron chi connectivity index (χ4n) is 2.89. The number of halogens is 1. The molecule has 0 bridgehead atoms. The number of rotatable bonds is 4. The summed E-state index contributed by atoms with van der Waals surface area (Å²) in [4.78, 5) is 2.49. The van der Waals surface area contributed by atoms with Gasteiger partial charge < -0.3 is 5.73 Å². The molecule has 3 heteroatoms. The minimum Gasteiger partial charge on any atom is -0.329 e. The molecule has 0 spiro atoms. The van der Waals surface area contributed by atoms with E-state index in [1.165, 1.54) is 24.8 Å². The van der Waals surface area contributed by atoms with Gasteiger partial charge in [-0.3, -0.25) is 4.90 Å². The van der Waals surface area contributed by atoms with E-state index in [2.05, 4.69) is 17.9 Å². The minimum atomic E-state index is 0.275. The van der Waals surface area contributed by atoms with E-state index in [9.17, 15) is 0 Å². The largest absolute Gasteiger partial charge is 0.329 e. The third-order valence-corrected chi connectivity index (χ3v) is 4.50. The Bertz CT molecular complexity index is 373. The summed E-state index contributed by atoms with van der Waals surface area (Å²) >= 11 is 6.29. The van der Waals surface area contributed by atoms with Crippen molar-refractivity contribution in [2.75, 3.05) is 19.6 Å². The number of hydrogen-bond acceptors (Lipinski definition) is 2. The topological polar surface area (TPSA) is 29.3 Å². The second-order valence-corrected chi connectivity index (χ2v) is 5.57. The van der Waals surface area contributed by atoms with Crippen LogP contribution in [0.3, 0.4) is 0 Å². The highest BCUT2D eigenvalue weighted by atomic mass is 35.5. The molecule has 0 aliphatic carbocycles. The van der Waals surface area contributed by atoms with Crippen molar-refractivity contribution in [2.45, 2.75) is 32.2 Å². The summed E-state index contributed by atoms with van der Waals surface area (Å²) in [5.41, 5.74) is 7.15. The summed E-state index contributed by atoms with van der Waals surface area (Å²) in [6.07, 6.45) is 3.88. The molecule has 2 N–H and O–H groups in total. The Hall–Kier alpha value is -0.570. The molecule has 1 fully saturated rings. The molecule has 1 aromatic rings. The Morgan fingerprint density at radius 3 is 2.56 bits per heavy atom. The van der Waals surface area contributed by atoms with Gasteiger partial charge in [-0.2, -0.15) is 0 Å². The van der Waals surface area contributed by atoms with Gasteiger partial charge in [0.15, 0.2) is 0 Å². The molecule has 1 unspecified atom stereocenters. The second-order valence-electron chi connectivity index (χ2n) is 5.16. The van der Waals surface area contributed by atoms with Crippen LogP contribution in [0.2, 0.25) is 5.02 Å². The van der Waals surface area contributed by atoms with Crippen LogP contribution in [-0.2, 0) is 0 Å². The zero-order valence-corrected chi connectivity index (χ0v) is 11.9. The van der Waals surface area contributed by atoms with Crippen molar-refractivity contribution in [1.82, 2.24) is 4.90 Å². The van der Waals surface area contributed by atoms with Crippen LogP contribution in [-0.4, -0.2) is 24.5 Å². The SMILES string of the molecule is CCC1CCN(C(CN)c2ccccc2Cl)CC1. The summed E-state index contributed by atoms with van der Waals surface area (Å²) in [7, 11) is 0. The van der Waals surface area contributed by atoms with Gasteiger partial charge in [0.25, 0.3) is 0 Å². The zero-order chi connectivity index (χ0) is 13.0. The lowest BCUT2D eigenvalue weighted by Gasteiger charge is -2.37. The van der Waals surface area contributed by atoms with E-state index in [1.807, 2.05) is 18.2 Å². The maximum absolute atomic E-state index is 6.29. The molecular formula is C15H23ClN2. The molecule has 1 aliphatic heterocycles. The Labute approximate surface area is 115 Å². The lowest BCUT2D eigenvalue weighted by Crippen LogP contribution is -2.39. The Morgan fingerprint density at radius 1 is 1.33 bits per heavy atom. The molecule has 0 aromatic heterocycles. The van der Waals surface area contributed by atoms with Crippen LogP contribution in [0.15, 0.2) is 24.3 Å². The lowest BCUT2D eigenvalue weighted by molar-refractivity contribution is 0.134. The molecule has 1 saturated heterocycles. The lowest BCUT2D eigenvalue weighted by atomic mass is 9.92. The van der Waals surface area contributed by atoms with Crippen molar-refractivity contribution >= 4 is 11.6 Å². The molecule has 1 aliphatic rings. The van der Waals surface area contributed by atoms with Gasteiger partial charge in [0, 0.05) is 17.6 Å². The molecule has 0 radical (unpaired) electrons. The highest BCUT2D eigenvalue weighted by Crippen LogP contribution is 2.30.